The Morgan fingerprint density at radius 2 is 2.00 bits per heavy atom. The van der Waals surface area contributed by atoms with Crippen LogP contribution in [0.25, 0.3) is 0 Å². The minimum absolute atomic E-state index is 0.0987. The summed E-state index contributed by atoms with van der Waals surface area (Å²) in [7, 11) is 0. The lowest BCUT2D eigenvalue weighted by Crippen LogP contribution is -2.27. The van der Waals surface area contributed by atoms with Gasteiger partial charge in [0.1, 0.15) is 10.6 Å². The number of carbonyl (C=O) groups excluding carboxylic acids is 1. The molecule has 6 nitrogen and oxygen atoms in total. The van der Waals surface area contributed by atoms with Gasteiger partial charge in [0, 0.05) is 11.6 Å². The second-order valence-corrected chi connectivity index (χ2v) is 8.34. The van der Waals surface area contributed by atoms with Crippen LogP contribution in [-0.2, 0) is 4.74 Å². The SMILES string of the molecule is CCOC(=O)c1sc(N2N=C3CCCCC3C2c2ccc(OCC)cc2)nc1C. The maximum absolute atomic E-state index is 12.3. The van der Waals surface area contributed by atoms with Crippen molar-refractivity contribution in [3.63, 3.8) is 0 Å². The summed E-state index contributed by atoms with van der Waals surface area (Å²) in [5.41, 5.74) is 3.15. The van der Waals surface area contributed by atoms with E-state index in [0.29, 0.717) is 29.7 Å². The van der Waals surface area contributed by atoms with Gasteiger partial charge in [0.25, 0.3) is 0 Å². The number of hydrogen-bond acceptors (Lipinski definition) is 7. The maximum Gasteiger partial charge on any atom is 0.350 e. The van der Waals surface area contributed by atoms with Crippen molar-refractivity contribution < 1.29 is 14.3 Å². The molecule has 2 atom stereocenters. The number of aryl methyl sites for hydroxylation is 1. The van der Waals surface area contributed by atoms with Gasteiger partial charge in [-0.1, -0.05) is 29.9 Å². The minimum Gasteiger partial charge on any atom is -0.494 e. The highest BCUT2D eigenvalue weighted by Crippen LogP contribution is 2.46. The summed E-state index contributed by atoms with van der Waals surface area (Å²) in [6.45, 7) is 6.66. The topological polar surface area (TPSA) is 64.0 Å². The first-order valence-corrected chi connectivity index (χ1v) is 11.2. The van der Waals surface area contributed by atoms with Crippen molar-refractivity contribution in [1.82, 2.24) is 4.98 Å². The Morgan fingerprint density at radius 3 is 2.72 bits per heavy atom. The van der Waals surface area contributed by atoms with Crippen LogP contribution in [0.4, 0.5) is 5.13 Å². The Kier molecular flexibility index (Phi) is 5.85. The molecule has 154 valence electrons. The molecule has 29 heavy (non-hydrogen) atoms. The molecule has 4 rings (SSSR count). The molecule has 1 fully saturated rings. The Hall–Kier alpha value is -2.41. The first kappa shape index (κ1) is 19.9. The van der Waals surface area contributed by atoms with Crippen molar-refractivity contribution in [2.45, 2.75) is 52.5 Å². The van der Waals surface area contributed by atoms with E-state index >= 15 is 0 Å². The quantitative estimate of drug-likeness (QED) is 0.614. The molecule has 1 aromatic heterocycles. The van der Waals surface area contributed by atoms with Crippen LogP contribution in [0.15, 0.2) is 29.4 Å². The largest absolute Gasteiger partial charge is 0.494 e. The van der Waals surface area contributed by atoms with Gasteiger partial charge in [-0.25, -0.2) is 14.8 Å². The molecule has 2 aromatic rings. The predicted molar refractivity (Wildman–Crippen MR) is 115 cm³/mol. The molecular weight excluding hydrogens is 386 g/mol. The maximum atomic E-state index is 12.3. The van der Waals surface area contributed by atoms with E-state index in [0.717, 1.165) is 23.7 Å². The number of anilines is 1. The molecule has 2 aliphatic rings. The van der Waals surface area contributed by atoms with Gasteiger partial charge in [-0.15, -0.1) is 0 Å². The fourth-order valence-corrected chi connectivity index (χ4v) is 5.14. The van der Waals surface area contributed by atoms with Crippen molar-refractivity contribution in [2.24, 2.45) is 11.0 Å². The summed E-state index contributed by atoms with van der Waals surface area (Å²) in [6, 6.07) is 8.40. The fraction of sp³-hybridized carbons (Fsp3) is 0.500. The number of esters is 1. The van der Waals surface area contributed by atoms with Gasteiger partial charge < -0.3 is 9.47 Å². The number of carbonyl (C=O) groups is 1. The average molecular weight is 414 g/mol. The zero-order valence-corrected chi connectivity index (χ0v) is 18.0. The van der Waals surface area contributed by atoms with E-state index in [4.69, 9.17) is 14.6 Å². The van der Waals surface area contributed by atoms with Gasteiger partial charge in [-0.2, -0.15) is 5.10 Å². The van der Waals surface area contributed by atoms with Crippen LogP contribution in [0.5, 0.6) is 5.75 Å². The minimum atomic E-state index is -0.310. The lowest BCUT2D eigenvalue weighted by atomic mass is 9.80. The van der Waals surface area contributed by atoms with E-state index in [1.54, 1.807) is 0 Å². The van der Waals surface area contributed by atoms with Crippen molar-refractivity contribution in [3.8, 4) is 5.75 Å². The number of nitrogens with zero attached hydrogens (tertiary/aromatic N) is 3. The number of aromatic nitrogens is 1. The number of hydrogen-bond donors (Lipinski definition) is 0. The van der Waals surface area contributed by atoms with Crippen LogP contribution in [0.1, 0.15) is 66.5 Å². The molecule has 1 aromatic carbocycles. The third kappa shape index (κ3) is 3.88. The molecule has 2 heterocycles. The number of thiazole rings is 1. The summed E-state index contributed by atoms with van der Waals surface area (Å²) < 4.78 is 10.8. The van der Waals surface area contributed by atoms with Crippen LogP contribution in [-0.4, -0.2) is 29.9 Å². The third-order valence-corrected chi connectivity index (χ3v) is 6.61. The van der Waals surface area contributed by atoms with Crippen molar-refractivity contribution in [3.05, 3.63) is 40.4 Å². The van der Waals surface area contributed by atoms with E-state index in [1.807, 2.05) is 37.9 Å². The molecule has 7 heteroatoms. The molecule has 0 saturated heterocycles. The Morgan fingerprint density at radius 1 is 1.21 bits per heavy atom. The number of hydrazone groups is 1. The Bertz CT molecular complexity index is 907. The molecule has 1 saturated carbocycles. The second kappa shape index (κ2) is 8.53. The van der Waals surface area contributed by atoms with E-state index in [9.17, 15) is 4.79 Å². The molecule has 0 bridgehead atoms. The van der Waals surface area contributed by atoms with E-state index in [2.05, 4.69) is 17.1 Å². The summed E-state index contributed by atoms with van der Waals surface area (Å²) >= 11 is 1.37. The van der Waals surface area contributed by atoms with Gasteiger partial charge in [0.2, 0.25) is 5.13 Å². The van der Waals surface area contributed by atoms with Crippen molar-refractivity contribution >= 4 is 28.1 Å². The van der Waals surface area contributed by atoms with Crippen molar-refractivity contribution in [2.75, 3.05) is 18.2 Å². The molecule has 1 aliphatic heterocycles. The third-order valence-electron chi connectivity index (χ3n) is 5.48. The van der Waals surface area contributed by atoms with E-state index < -0.39 is 0 Å². The van der Waals surface area contributed by atoms with Gasteiger partial charge in [-0.05, 0) is 57.7 Å². The molecule has 2 unspecified atom stereocenters. The molecule has 0 radical (unpaired) electrons. The highest BCUT2D eigenvalue weighted by atomic mass is 32.1. The Labute approximate surface area is 175 Å². The van der Waals surface area contributed by atoms with Gasteiger partial charge >= 0.3 is 5.97 Å². The van der Waals surface area contributed by atoms with E-state index in [1.165, 1.54) is 35.5 Å². The normalized spacial score (nSPS) is 20.9. The number of rotatable bonds is 6. The second-order valence-electron chi connectivity index (χ2n) is 7.37. The van der Waals surface area contributed by atoms with Gasteiger partial charge in [-0.3, -0.25) is 0 Å². The standard InChI is InChI=1S/C22H27N3O3S/c1-4-27-16-12-10-15(11-13-16)19-17-8-6-7-9-18(17)24-25(19)22-23-14(3)20(29-22)21(26)28-5-2/h10-13,17,19H,4-9H2,1-3H3. The first-order chi connectivity index (χ1) is 14.1. The highest BCUT2D eigenvalue weighted by Gasteiger charge is 2.41. The lowest BCUT2D eigenvalue weighted by Gasteiger charge is -2.28. The molecule has 0 N–H and O–H groups in total. The number of benzene rings is 1. The van der Waals surface area contributed by atoms with Crippen LogP contribution < -0.4 is 9.75 Å². The van der Waals surface area contributed by atoms with E-state index in [-0.39, 0.29) is 12.0 Å². The van der Waals surface area contributed by atoms with Crippen LogP contribution >= 0.6 is 11.3 Å². The average Bonchev–Trinajstić information content (AvgIpc) is 3.30. The fourth-order valence-electron chi connectivity index (χ4n) is 4.19. The van der Waals surface area contributed by atoms with Crippen LogP contribution in [0, 0.1) is 12.8 Å². The van der Waals surface area contributed by atoms with Gasteiger partial charge in [0.05, 0.1) is 24.9 Å². The summed E-state index contributed by atoms with van der Waals surface area (Å²) in [5.74, 6) is 0.952. The Balaban J connectivity index is 1.69. The number of ether oxygens (including phenoxy) is 2. The predicted octanol–water partition coefficient (Wildman–Crippen LogP) is 5.13. The lowest BCUT2D eigenvalue weighted by molar-refractivity contribution is 0.0531. The first-order valence-electron chi connectivity index (χ1n) is 10.4. The monoisotopic (exact) mass is 413 g/mol. The molecule has 0 amide bonds. The van der Waals surface area contributed by atoms with Gasteiger partial charge in [0.15, 0.2) is 0 Å². The molecule has 1 aliphatic carbocycles. The summed E-state index contributed by atoms with van der Waals surface area (Å²) in [4.78, 5) is 17.5. The summed E-state index contributed by atoms with van der Waals surface area (Å²) in [5, 5.41) is 7.76. The zero-order chi connectivity index (χ0) is 20.4. The smallest absolute Gasteiger partial charge is 0.350 e. The summed E-state index contributed by atoms with van der Waals surface area (Å²) in [6.07, 6.45) is 4.56. The molecule has 0 spiro atoms. The zero-order valence-electron chi connectivity index (χ0n) is 17.2. The van der Waals surface area contributed by atoms with Crippen molar-refractivity contribution in [1.29, 1.82) is 0 Å². The van der Waals surface area contributed by atoms with Crippen LogP contribution in [0.3, 0.4) is 0 Å². The molecular formula is C22H27N3O3S. The van der Waals surface area contributed by atoms with Crippen LogP contribution in [0.2, 0.25) is 0 Å². The highest BCUT2D eigenvalue weighted by molar-refractivity contribution is 7.17. The number of fused-ring (bicyclic) bond motifs is 1.